The normalized spacial score (nSPS) is 11.6. The Kier molecular flexibility index (Phi) is 5.63. The van der Waals surface area contributed by atoms with E-state index in [1.54, 1.807) is 29.1 Å². The number of benzene rings is 1. The van der Waals surface area contributed by atoms with E-state index >= 15 is 0 Å². The van der Waals surface area contributed by atoms with Gasteiger partial charge in [-0.15, -0.1) is 0 Å². The first kappa shape index (κ1) is 21.5. The summed E-state index contributed by atoms with van der Waals surface area (Å²) in [5, 5.41) is 7.31. The van der Waals surface area contributed by atoms with Gasteiger partial charge in [0, 0.05) is 41.5 Å². The van der Waals surface area contributed by atoms with E-state index in [9.17, 15) is 4.79 Å². The minimum Gasteiger partial charge on any atom is -0.382 e. The molecule has 0 radical (unpaired) electrons. The summed E-state index contributed by atoms with van der Waals surface area (Å²) in [5.41, 5.74) is 10.2. The highest BCUT2D eigenvalue weighted by Crippen LogP contribution is 2.29. The summed E-state index contributed by atoms with van der Waals surface area (Å²) in [6, 6.07) is 13.1. The van der Waals surface area contributed by atoms with Crippen molar-refractivity contribution < 1.29 is 4.52 Å². The number of nitrogen functional groups attached to an aromatic ring is 1. The molecule has 3 aromatic heterocycles. The molecule has 1 aromatic carbocycles. The van der Waals surface area contributed by atoms with E-state index in [1.165, 1.54) is 11.6 Å². The van der Waals surface area contributed by atoms with E-state index in [1.807, 2.05) is 52.1 Å². The van der Waals surface area contributed by atoms with Gasteiger partial charge in [0.25, 0.3) is 5.56 Å². The van der Waals surface area contributed by atoms with Gasteiger partial charge in [-0.3, -0.25) is 4.79 Å². The lowest BCUT2D eigenvalue weighted by molar-refractivity contribution is 0.384. The molecule has 0 aliphatic carbocycles. The summed E-state index contributed by atoms with van der Waals surface area (Å²) in [6.07, 6.45) is 3.37. The molecule has 32 heavy (non-hydrogen) atoms. The fraction of sp³-hybridized carbons (Fsp3) is 0.250. The van der Waals surface area contributed by atoms with Crippen molar-refractivity contribution >= 4 is 5.82 Å². The average Bonchev–Trinajstić information content (AvgIpc) is 3.24. The zero-order valence-electron chi connectivity index (χ0n) is 18.6. The van der Waals surface area contributed by atoms with Gasteiger partial charge < -0.3 is 20.1 Å². The number of nitrogens with two attached hydrogens (primary N) is 1. The molecule has 0 fully saturated rings. The minimum atomic E-state index is -0.361. The molecule has 0 saturated carbocycles. The molecule has 0 aliphatic heterocycles. The first-order valence-corrected chi connectivity index (χ1v) is 10.3. The quantitative estimate of drug-likeness (QED) is 0.497. The Morgan fingerprint density at radius 2 is 1.78 bits per heavy atom. The van der Waals surface area contributed by atoms with Crippen molar-refractivity contribution in [2.75, 3.05) is 12.8 Å². The van der Waals surface area contributed by atoms with Gasteiger partial charge in [0.05, 0.1) is 11.9 Å². The Morgan fingerprint density at radius 3 is 2.47 bits per heavy atom. The molecule has 3 N–H and O–H groups in total. The van der Waals surface area contributed by atoms with Gasteiger partial charge in [-0.05, 0) is 39.4 Å². The maximum atomic E-state index is 12.3. The molecular weight excluding hydrogens is 404 g/mol. The van der Waals surface area contributed by atoms with Crippen LogP contribution < -0.4 is 16.6 Å². The Balaban J connectivity index is 1.69. The first-order valence-electron chi connectivity index (χ1n) is 10.3. The number of anilines is 1. The fourth-order valence-electron chi connectivity index (χ4n) is 3.40. The van der Waals surface area contributed by atoms with Crippen LogP contribution in [0.4, 0.5) is 5.82 Å². The number of nitrogens with zero attached hydrogens (tertiary/aromatic N) is 4. The van der Waals surface area contributed by atoms with Gasteiger partial charge in [0.2, 0.25) is 0 Å². The van der Waals surface area contributed by atoms with E-state index in [4.69, 9.17) is 10.3 Å². The molecule has 164 valence electrons. The van der Waals surface area contributed by atoms with Gasteiger partial charge in [-0.2, -0.15) is 0 Å². The summed E-state index contributed by atoms with van der Waals surface area (Å²) >= 11 is 0. The largest absolute Gasteiger partial charge is 0.382 e. The number of hydrogen-bond donors (Lipinski definition) is 2. The Bertz CT molecular complexity index is 1300. The molecule has 0 atom stereocenters. The second kappa shape index (κ2) is 8.39. The SMILES string of the molecule is CNCc1ccc(-c2cc(-c3nc(-c4ccc(=O)n(C(C)(C)C)c4)cnc3N)on2)cc1. The molecule has 4 aromatic rings. The van der Waals surface area contributed by atoms with Crippen LogP contribution in [-0.4, -0.2) is 26.7 Å². The first-order chi connectivity index (χ1) is 15.3. The van der Waals surface area contributed by atoms with Crippen LogP contribution in [0.25, 0.3) is 34.0 Å². The highest BCUT2D eigenvalue weighted by Gasteiger charge is 2.18. The fourth-order valence-corrected chi connectivity index (χ4v) is 3.40. The average molecular weight is 431 g/mol. The highest BCUT2D eigenvalue weighted by molar-refractivity contribution is 5.72. The van der Waals surface area contributed by atoms with Crippen molar-refractivity contribution in [2.24, 2.45) is 0 Å². The van der Waals surface area contributed by atoms with Crippen molar-refractivity contribution in [2.45, 2.75) is 32.9 Å². The zero-order valence-corrected chi connectivity index (χ0v) is 18.6. The third-order valence-corrected chi connectivity index (χ3v) is 5.10. The number of hydrogen-bond acceptors (Lipinski definition) is 7. The van der Waals surface area contributed by atoms with Gasteiger partial charge in [0.15, 0.2) is 17.3 Å². The summed E-state index contributed by atoms with van der Waals surface area (Å²) in [4.78, 5) is 21.2. The maximum Gasteiger partial charge on any atom is 0.251 e. The van der Waals surface area contributed by atoms with Crippen LogP contribution in [0.2, 0.25) is 0 Å². The van der Waals surface area contributed by atoms with Crippen molar-refractivity contribution in [3.05, 3.63) is 70.8 Å². The predicted octanol–water partition coefficient (Wildman–Crippen LogP) is 3.68. The third-order valence-electron chi connectivity index (χ3n) is 5.10. The van der Waals surface area contributed by atoms with Crippen molar-refractivity contribution in [3.8, 4) is 34.0 Å². The molecule has 0 spiro atoms. The van der Waals surface area contributed by atoms with E-state index < -0.39 is 0 Å². The lowest BCUT2D eigenvalue weighted by Crippen LogP contribution is -2.32. The molecule has 3 heterocycles. The van der Waals surface area contributed by atoms with Gasteiger partial charge in [-0.25, -0.2) is 9.97 Å². The van der Waals surface area contributed by atoms with Gasteiger partial charge >= 0.3 is 0 Å². The number of aromatic nitrogens is 4. The van der Waals surface area contributed by atoms with Crippen LogP contribution in [0.15, 0.2) is 64.2 Å². The molecule has 0 aliphatic rings. The molecular formula is C24H26N6O2. The number of pyridine rings is 1. The molecule has 8 nitrogen and oxygen atoms in total. The predicted molar refractivity (Wildman–Crippen MR) is 125 cm³/mol. The second-order valence-corrected chi connectivity index (χ2v) is 8.59. The van der Waals surface area contributed by atoms with Crippen molar-refractivity contribution in [1.29, 1.82) is 0 Å². The summed E-state index contributed by atoms with van der Waals surface area (Å²) < 4.78 is 7.22. The molecule has 0 amide bonds. The van der Waals surface area contributed by atoms with Crippen LogP contribution in [0.1, 0.15) is 26.3 Å². The summed E-state index contributed by atoms with van der Waals surface area (Å²) in [6.45, 7) is 6.71. The topological polar surface area (TPSA) is 112 Å². The van der Waals surface area contributed by atoms with E-state index in [-0.39, 0.29) is 16.9 Å². The molecule has 4 rings (SSSR count). The van der Waals surface area contributed by atoms with Gasteiger partial charge in [-0.1, -0.05) is 29.4 Å². The second-order valence-electron chi connectivity index (χ2n) is 8.59. The number of nitrogens with one attached hydrogen (secondary N) is 1. The summed E-state index contributed by atoms with van der Waals surface area (Å²) in [5.74, 6) is 0.667. The zero-order chi connectivity index (χ0) is 22.9. The Morgan fingerprint density at radius 1 is 1.06 bits per heavy atom. The monoisotopic (exact) mass is 430 g/mol. The van der Waals surface area contributed by atoms with Crippen LogP contribution in [0.3, 0.4) is 0 Å². The van der Waals surface area contributed by atoms with Crippen LogP contribution >= 0.6 is 0 Å². The maximum absolute atomic E-state index is 12.3. The van der Waals surface area contributed by atoms with E-state index in [2.05, 4.69) is 20.4 Å². The van der Waals surface area contributed by atoms with Crippen LogP contribution in [0.5, 0.6) is 0 Å². The lowest BCUT2D eigenvalue weighted by atomic mass is 10.1. The number of rotatable bonds is 5. The minimum absolute atomic E-state index is 0.0782. The molecule has 0 saturated heterocycles. The van der Waals surface area contributed by atoms with Crippen molar-refractivity contribution in [3.63, 3.8) is 0 Å². The standard InChI is InChI=1S/C24H26N6O2/c1-24(2,3)30-14-17(9-10-21(30)31)19-13-27-23(25)22(28-19)20-11-18(29-32-20)16-7-5-15(6-8-16)12-26-4/h5-11,13-14,26H,12H2,1-4H3,(H2,25,27). The third kappa shape index (κ3) is 4.31. The van der Waals surface area contributed by atoms with Crippen molar-refractivity contribution in [1.82, 2.24) is 25.0 Å². The van der Waals surface area contributed by atoms with Gasteiger partial charge in [0.1, 0.15) is 5.69 Å². The molecule has 0 bridgehead atoms. The lowest BCUT2D eigenvalue weighted by Gasteiger charge is -2.22. The van der Waals surface area contributed by atoms with Crippen LogP contribution in [-0.2, 0) is 12.1 Å². The Hall–Kier alpha value is -3.78. The van der Waals surface area contributed by atoms with E-state index in [0.717, 1.165) is 17.7 Å². The molecule has 0 unspecified atom stereocenters. The highest BCUT2D eigenvalue weighted by atomic mass is 16.5. The summed E-state index contributed by atoms with van der Waals surface area (Å²) in [7, 11) is 1.91. The smallest absolute Gasteiger partial charge is 0.251 e. The van der Waals surface area contributed by atoms with E-state index in [0.29, 0.717) is 22.8 Å². The van der Waals surface area contributed by atoms with Crippen LogP contribution in [0, 0.1) is 0 Å². The molecule has 8 heteroatoms. The Labute approximate surface area is 186 Å².